The fourth-order valence-corrected chi connectivity index (χ4v) is 1.77. The van der Waals surface area contributed by atoms with Gasteiger partial charge in [-0.15, -0.1) is 0 Å². The molecule has 0 aliphatic carbocycles. The first-order valence-corrected chi connectivity index (χ1v) is 6.11. The Labute approximate surface area is 120 Å². The molecule has 6 nitrogen and oxygen atoms in total. The largest absolute Gasteiger partial charge is 0.493 e. The zero-order valence-electron chi connectivity index (χ0n) is 11.0. The van der Waals surface area contributed by atoms with Gasteiger partial charge in [0.1, 0.15) is 17.6 Å². The lowest BCUT2D eigenvalue weighted by molar-refractivity contribution is 0.0696. The molecule has 0 unspecified atom stereocenters. The molecule has 1 N–H and O–H groups in total. The average Bonchev–Trinajstić information content (AvgIpc) is 2.76. The van der Waals surface area contributed by atoms with Crippen LogP contribution < -0.4 is 9.47 Å². The highest BCUT2D eigenvalue weighted by Crippen LogP contribution is 2.28. The van der Waals surface area contributed by atoms with Crippen molar-refractivity contribution in [1.82, 2.24) is 9.55 Å². The van der Waals surface area contributed by atoms with Gasteiger partial charge in [0.2, 0.25) is 0 Å². The van der Waals surface area contributed by atoms with Gasteiger partial charge in [-0.1, -0.05) is 11.6 Å². The molecule has 0 saturated heterocycles. The molecule has 2 rings (SSSR count). The maximum absolute atomic E-state index is 11.0. The maximum Gasteiger partial charge on any atom is 0.335 e. The predicted octanol–water partition coefficient (Wildman–Crippen LogP) is 2.36. The Bertz CT molecular complexity index is 639. The number of hydrogen-bond donors (Lipinski definition) is 1. The van der Waals surface area contributed by atoms with E-state index in [0.717, 1.165) is 0 Å². The number of carbonyl (C=O) groups is 1. The van der Waals surface area contributed by atoms with E-state index in [2.05, 4.69) is 4.98 Å². The summed E-state index contributed by atoms with van der Waals surface area (Å²) in [5, 5.41) is 9.47. The molecule has 106 valence electrons. The first-order chi connectivity index (χ1) is 9.52. The standard InChI is InChI=1S/C13H13ClN2O4/c1-16-11(14)6-15-12(16)7-20-10-5-8(13(17)18)3-4-9(10)19-2/h3-6H,7H2,1-2H3,(H,17,18). The molecule has 0 bridgehead atoms. The molecule has 0 aliphatic heterocycles. The molecule has 1 aromatic carbocycles. The van der Waals surface area contributed by atoms with Gasteiger partial charge in [0.25, 0.3) is 0 Å². The van der Waals surface area contributed by atoms with Crippen molar-refractivity contribution in [3.63, 3.8) is 0 Å². The van der Waals surface area contributed by atoms with E-state index < -0.39 is 5.97 Å². The lowest BCUT2D eigenvalue weighted by atomic mass is 10.2. The van der Waals surface area contributed by atoms with Crippen LogP contribution >= 0.6 is 11.6 Å². The molecule has 7 heteroatoms. The SMILES string of the molecule is COc1ccc(C(=O)O)cc1OCc1ncc(Cl)n1C. The monoisotopic (exact) mass is 296 g/mol. The molecule has 0 saturated carbocycles. The summed E-state index contributed by atoms with van der Waals surface area (Å²) in [4.78, 5) is 15.0. The third-order valence-corrected chi connectivity index (χ3v) is 3.15. The zero-order valence-corrected chi connectivity index (χ0v) is 11.7. The van der Waals surface area contributed by atoms with Gasteiger partial charge in [0.15, 0.2) is 11.5 Å². The van der Waals surface area contributed by atoms with Crippen LogP contribution in [0.15, 0.2) is 24.4 Å². The number of rotatable bonds is 5. The van der Waals surface area contributed by atoms with Crippen LogP contribution in [0, 0.1) is 0 Å². The summed E-state index contributed by atoms with van der Waals surface area (Å²) in [5.74, 6) is 0.386. The summed E-state index contributed by atoms with van der Waals surface area (Å²) < 4.78 is 12.4. The molecule has 0 atom stereocenters. The fraction of sp³-hybridized carbons (Fsp3) is 0.231. The Balaban J connectivity index is 2.21. The third-order valence-electron chi connectivity index (χ3n) is 2.80. The van der Waals surface area contributed by atoms with Gasteiger partial charge >= 0.3 is 5.97 Å². The van der Waals surface area contributed by atoms with Crippen LogP contribution in [0.25, 0.3) is 0 Å². The number of carboxylic acids is 1. The Kier molecular flexibility index (Phi) is 4.14. The molecule has 0 spiro atoms. The summed E-state index contributed by atoms with van der Waals surface area (Å²) in [6, 6.07) is 4.40. The van der Waals surface area contributed by atoms with E-state index in [0.29, 0.717) is 22.5 Å². The fourth-order valence-electron chi connectivity index (χ4n) is 1.62. The minimum absolute atomic E-state index is 0.124. The van der Waals surface area contributed by atoms with E-state index in [-0.39, 0.29) is 12.2 Å². The maximum atomic E-state index is 11.0. The highest BCUT2D eigenvalue weighted by atomic mass is 35.5. The van der Waals surface area contributed by atoms with Crippen LogP contribution in [0.2, 0.25) is 5.15 Å². The van der Waals surface area contributed by atoms with Crippen molar-refractivity contribution >= 4 is 17.6 Å². The number of carboxylic acid groups (broad SMARTS) is 1. The predicted molar refractivity (Wildman–Crippen MR) is 72.5 cm³/mol. The van der Waals surface area contributed by atoms with E-state index >= 15 is 0 Å². The number of benzene rings is 1. The lowest BCUT2D eigenvalue weighted by Gasteiger charge is -2.11. The molecule has 0 radical (unpaired) electrons. The van der Waals surface area contributed by atoms with Crippen LogP contribution in [0.1, 0.15) is 16.2 Å². The number of hydrogen-bond acceptors (Lipinski definition) is 4. The molecular weight excluding hydrogens is 284 g/mol. The lowest BCUT2D eigenvalue weighted by Crippen LogP contribution is -2.05. The normalized spacial score (nSPS) is 10.3. The number of ether oxygens (including phenoxy) is 2. The van der Waals surface area contributed by atoms with Gasteiger partial charge in [-0.2, -0.15) is 0 Å². The molecule has 0 fully saturated rings. The van der Waals surface area contributed by atoms with Crippen molar-refractivity contribution in [3.8, 4) is 11.5 Å². The summed E-state index contributed by atoms with van der Waals surface area (Å²) in [7, 11) is 3.25. The number of aromatic carboxylic acids is 1. The summed E-state index contributed by atoms with van der Waals surface area (Å²) >= 11 is 5.88. The molecule has 20 heavy (non-hydrogen) atoms. The van der Waals surface area contributed by atoms with Crippen LogP contribution in [0.4, 0.5) is 0 Å². The van der Waals surface area contributed by atoms with E-state index in [1.54, 1.807) is 17.7 Å². The van der Waals surface area contributed by atoms with Crippen molar-refractivity contribution in [2.24, 2.45) is 7.05 Å². The molecule has 0 amide bonds. The van der Waals surface area contributed by atoms with E-state index in [9.17, 15) is 4.79 Å². The van der Waals surface area contributed by atoms with Crippen molar-refractivity contribution in [3.05, 3.63) is 40.9 Å². The molecular formula is C13H13ClN2O4. The van der Waals surface area contributed by atoms with Crippen molar-refractivity contribution in [2.75, 3.05) is 7.11 Å². The number of imidazole rings is 1. The van der Waals surface area contributed by atoms with Crippen LogP contribution in [-0.2, 0) is 13.7 Å². The zero-order chi connectivity index (χ0) is 14.7. The first kappa shape index (κ1) is 14.2. The van der Waals surface area contributed by atoms with Crippen molar-refractivity contribution in [2.45, 2.75) is 6.61 Å². The third kappa shape index (κ3) is 2.85. The van der Waals surface area contributed by atoms with Crippen LogP contribution in [0.5, 0.6) is 11.5 Å². The summed E-state index contributed by atoms with van der Waals surface area (Å²) in [6.07, 6.45) is 1.52. The average molecular weight is 297 g/mol. The molecule has 1 heterocycles. The van der Waals surface area contributed by atoms with Crippen molar-refractivity contribution < 1.29 is 19.4 Å². The van der Waals surface area contributed by atoms with E-state index in [1.165, 1.54) is 25.4 Å². The number of nitrogens with zero attached hydrogens (tertiary/aromatic N) is 2. The second-order valence-electron chi connectivity index (χ2n) is 4.02. The van der Waals surface area contributed by atoms with E-state index in [4.69, 9.17) is 26.2 Å². The quantitative estimate of drug-likeness (QED) is 0.917. The van der Waals surface area contributed by atoms with Gasteiger partial charge in [-0.05, 0) is 18.2 Å². The van der Waals surface area contributed by atoms with Gasteiger partial charge < -0.3 is 19.1 Å². The van der Waals surface area contributed by atoms with Crippen LogP contribution in [-0.4, -0.2) is 27.7 Å². The minimum Gasteiger partial charge on any atom is -0.493 e. The Hall–Kier alpha value is -2.21. The number of aromatic nitrogens is 2. The minimum atomic E-state index is -1.03. The van der Waals surface area contributed by atoms with Crippen LogP contribution in [0.3, 0.4) is 0 Å². The Morgan fingerprint density at radius 3 is 2.75 bits per heavy atom. The Morgan fingerprint density at radius 2 is 2.20 bits per heavy atom. The van der Waals surface area contributed by atoms with Crippen molar-refractivity contribution in [1.29, 1.82) is 0 Å². The number of methoxy groups -OCH3 is 1. The number of halogens is 1. The molecule has 0 aliphatic rings. The second kappa shape index (κ2) is 5.83. The van der Waals surface area contributed by atoms with Gasteiger partial charge in [0, 0.05) is 7.05 Å². The molecule has 2 aromatic rings. The highest BCUT2D eigenvalue weighted by molar-refractivity contribution is 6.29. The highest BCUT2D eigenvalue weighted by Gasteiger charge is 2.12. The van der Waals surface area contributed by atoms with Gasteiger partial charge in [-0.25, -0.2) is 9.78 Å². The van der Waals surface area contributed by atoms with Gasteiger partial charge in [0.05, 0.1) is 18.9 Å². The summed E-state index contributed by atoms with van der Waals surface area (Å²) in [5.41, 5.74) is 0.124. The first-order valence-electron chi connectivity index (χ1n) is 5.73. The summed E-state index contributed by atoms with van der Waals surface area (Å²) in [6.45, 7) is 0.155. The molecule has 1 aromatic heterocycles. The second-order valence-corrected chi connectivity index (χ2v) is 4.40. The Morgan fingerprint density at radius 1 is 1.45 bits per heavy atom. The van der Waals surface area contributed by atoms with Gasteiger partial charge in [-0.3, -0.25) is 0 Å². The topological polar surface area (TPSA) is 73.6 Å². The van der Waals surface area contributed by atoms with E-state index in [1.807, 2.05) is 0 Å². The smallest absolute Gasteiger partial charge is 0.335 e.